The zero-order valence-corrected chi connectivity index (χ0v) is 13.4. The minimum Gasteiger partial charge on any atom is -0.323 e. The van der Waals surface area contributed by atoms with Crippen molar-refractivity contribution in [2.75, 3.05) is 5.32 Å². The van der Waals surface area contributed by atoms with Gasteiger partial charge in [0.25, 0.3) is 0 Å². The van der Waals surface area contributed by atoms with Crippen molar-refractivity contribution >= 4 is 22.4 Å². The van der Waals surface area contributed by atoms with E-state index in [-0.39, 0.29) is 17.9 Å². The predicted octanol–water partition coefficient (Wildman–Crippen LogP) is 3.54. The number of hydrogen-bond donors (Lipinski definition) is 2. The number of rotatable bonds is 5. The quantitative estimate of drug-likeness (QED) is 0.887. The first-order valence-electron chi connectivity index (χ1n) is 7.06. The molecule has 1 amide bonds. The fraction of sp³-hybridized carbons (Fsp3) is 0.375. The summed E-state index contributed by atoms with van der Waals surface area (Å²) in [6.45, 7) is 5.99. The van der Waals surface area contributed by atoms with Gasteiger partial charge in [-0.25, -0.2) is 4.98 Å². The number of thiazole rings is 1. The first kappa shape index (κ1) is 15.7. The fourth-order valence-corrected chi connectivity index (χ4v) is 2.83. The summed E-state index contributed by atoms with van der Waals surface area (Å²) in [5, 5.41) is 5.47. The Morgan fingerprint density at radius 2 is 1.90 bits per heavy atom. The van der Waals surface area contributed by atoms with Crippen molar-refractivity contribution in [3.05, 3.63) is 47.0 Å². The van der Waals surface area contributed by atoms with E-state index in [0.29, 0.717) is 11.0 Å². The van der Waals surface area contributed by atoms with E-state index < -0.39 is 0 Å². The Morgan fingerprint density at radius 3 is 2.48 bits per heavy atom. The lowest BCUT2D eigenvalue weighted by molar-refractivity contribution is -0.120. The molecule has 5 heteroatoms. The van der Waals surface area contributed by atoms with Crippen LogP contribution >= 0.6 is 11.3 Å². The van der Waals surface area contributed by atoms with E-state index in [1.807, 2.05) is 42.6 Å². The highest BCUT2D eigenvalue weighted by molar-refractivity contribution is 7.13. The zero-order valence-electron chi connectivity index (χ0n) is 12.5. The Hall–Kier alpha value is -1.72. The van der Waals surface area contributed by atoms with Gasteiger partial charge in [-0.05, 0) is 11.5 Å². The third-order valence-electron chi connectivity index (χ3n) is 3.48. The summed E-state index contributed by atoms with van der Waals surface area (Å²) in [5.74, 6) is -0.0642. The molecule has 3 N–H and O–H groups in total. The van der Waals surface area contributed by atoms with Crippen molar-refractivity contribution in [1.29, 1.82) is 0 Å². The molecule has 2 atom stereocenters. The minimum absolute atomic E-state index is 0.101. The van der Waals surface area contributed by atoms with Crippen LogP contribution in [0.2, 0.25) is 0 Å². The number of carbonyl (C=O) groups excluding carboxylic acids is 1. The maximum Gasteiger partial charge on any atom is 0.230 e. The molecular weight excluding hydrogens is 282 g/mol. The summed E-state index contributed by atoms with van der Waals surface area (Å²) in [6.07, 6.45) is 0. The number of aromatic nitrogens is 1. The molecule has 1 aromatic heterocycles. The Kier molecular flexibility index (Phi) is 5.09. The lowest BCUT2D eigenvalue weighted by Gasteiger charge is -2.19. The second-order valence-electron chi connectivity index (χ2n) is 5.45. The highest BCUT2D eigenvalue weighted by Crippen LogP contribution is 2.24. The van der Waals surface area contributed by atoms with Crippen LogP contribution in [0.1, 0.15) is 44.0 Å². The van der Waals surface area contributed by atoms with Gasteiger partial charge in [-0.3, -0.25) is 4.79 Å². The van der Waals surface area contributed by atoms with Crippen LogP contribution in [0.25, 0.3) is 0 Å². The van der Waals surface area contributed by atoms with Crippen LogP contribution in [-0.2, 0) is 4.79 Å². The average molecular weight is 303 g/mol. The van der Waals surface area contributed by atoms with E-state index in [4.69, 9.17) is 5.73 Å². The molecule has 21 heavy (non-hydrogen) atoms. The van der Waals surface area contributed by atoms with Gasteiger partial charge in [0.15, 0.2) is 5.13 Å². The second-order valence-corrected chi connectivity index (χ2v) is 6.30. The largest absolute Gasteiger partial charge is 0.323 e. The number of nitrogens with zero attached hydrogens (tertiary/aromatic N) is 1. The van der Waals surface area contributed by atoms with Gasteiger partial charge in [-0.1, -0.05) is 51.1 Å². The monoisotopic (exact) mass is 303 g/mol. The van der Waals surface area contributed by atoms with Gasteiger partial charge in [0.1, 0.15) is 0 Å². The lowest BCUT2D eigenvalue weighted by Crippen LogP contribution is -2.30. The van der Waals surface area contributed by atoms with Gasteiger partial charge in [-0.2, -0.15) is 0 Å². The normalized spacial score (nSPS) is 14.0. The molecule has 112 valence electrons. The number of nitrogens with two attached hydrogens (primary N) is 1. The molecule has 0 aliphatic rings. The van der Waals surface area contributed by atoms with E-state index in [0.717, 1.165) is 11.3 Å². The van der Waals surface area contributed by atoms with Crippen LogP contribution < -0.4 is 11.1 Å². The van der Waals surface area contributed by atoms with Crippen molar-refractivity contribution in [1.82, 2.24) is 4.98 Å². The smallest absolute Gasteiger partial charge is 0.230 e. The predicted molar refractivity (Wildman–Crippen MR) is 87.4 cm³/mol. The highest BCUT2D eigenvalue weighted by atomic mass is 32.1. The number of benzene rings is 1. The van der Waals surface area contributed by atoms with Crippen molar-refractivity contribution in [2.24, 2.45) is 11.7 Å². The van der Waals surface area contributed by atoms with E-state index in [2.05, 4.69) is 24.1 Å². The summed E-state index contributed by atoms with van der Waals surface area (Å²) in [7, 11) is 0. The number of nitrogens with one attached hydrogen (secondary N) is 1. The first-order chi connectivity index (χ1) is 9.99. The molecular formula is C16H21N3OS. The van der Waals surface area contributed by atoms with Crippen LogP contribution in [-0.4, -0.2) is 10.9 Å². The van der Waals surface area contributed by atoms with Crippen molar-refractivity contribution in [3.63, 3.8) is 0 Å². The molecule has 0 saturated carbocycles. The van der Waals surface area contributed by atoms with Gasteiger partial charge in [-0.15, -0.1) is 11.3 Å². The fourth-order valence-electron chi connectivity index (χ4n) is 1.95. The zero-order chi connectivity index (χ0) is 15.4. The van der Waals surface area contributed by atoms with Crippen LogP contribution in [0.4, 0.5) is 5.13 Å². The SMILES string of the molecule is CC(C)c1csc(NC(=O)C(C)C(N)c2ccccc2)n1. The van der Waals surface area contributed by atoms with Gasteiger partial charge in [0, 0.05) is 11.4 Å². The highest BCUT2D eigenvalue weighted by Gasteiger charge is 2.23. The Morgan fingerprint density at radius 1 is 1.24 bits per heavy atom. The summed E-state index contributed by atoms with van der Waals surface area (Å²) in [6, 6.07) is 9.34. The second kappa shape index (κ2) is 6.83. The molecule has 4 nitrogen and oxygen atoms in total. The summed E-state index contributed by atoms with van der Waals surface area (Å²) < 4.78 is 0. The molecule has 0 aliphatic heterocycles. The third-order valence-corrected chi connectivity index (χ3v) is 4.26. The molecule has 0 spiro atoms. The van der Waals surface area contributed by atoms with E-state index in [1.165, 1.54) is 11.3 Å². The Labute approximate surface area is 129 Å². The molecule has 2 rings (SSSR count). The van der Waals surface area contributed by atoms with Crippen molar-refractivity contribution < 1.29 is 4.79 Å². The van der Waals surface area contributed by atoms with Gasteiger partial charge >= 0.3 is 0 Å². The lowest BCUT2D eigenvalue weighted by atomic mass is 9.95. The molecule has 1 aromatic carbocycles. The van der Waals surface area contributed by atoms with Crippen molar-refractivity contribution in [3.8, 4) is 0 Å². The van der Waals surface area contributed by atoms with E-state index in [1.54, 1.807) is 0 Å². The van der Waals surface area contributed by atoms with Crippen LogP contribution in [0.15, 0.2) is 35.7 Å². The molecule has 2 aromatic rings. The van der Waals surface area contributed by atoms with Crippen LogP contribution in [0, 0.1) is 5.92 Å². The van der Waals surface area contributed by atoms with Gasteiger partial charge in [0.05, 0.1) is 11.6 Å². The summed E-state index contributed by atoms with van der Waals surface area (Å²) in [4.78, 5) is 16.7. The maximum atomic E-state index is 12.3. The summed E-state index contributed by atoms with van der Waals surface area (Å²) >= 11 is 1.45. The molecule has 0 fully saturated rings. The molecule has 0 bridgehead atoms. The van der Waals surface area contributed by atoms with Gasteiger partial charge < -0.3 is 11.1 Å². The van der Waals surface area contributed by atoms with Crippen molar-refractivity contribution in [2.45, 2.75) is 32.7 Å². The van der Waals surface area contributed by atoms with Gasteiger partial charge in [0.2, 0.25) is 5.91 Å². The van der Waals surface area contributed by atoms with Crippen LogP contribution in [0.3, 0.4) is 0 Å². The molecule has 1 heterocycles. The Balaban J connectivity index is 2.02. The standard InChI is InChI=1S/C16H21N3OS/c1-10(2)13-9-21-16(18-13)19-15(20)11(3)14(17)12-7-5-4-6-8-12/h4-11,14H,17H2,1-3H3,(H,18,19,20). The molecule has 2 unspecified atom stereocenters. The molecule has 0 aliphatic carbocycles. The molecule has 0 saturated heterocycles. The minimum atomic E-state index is -0.323. The maximum absolute atomic E-state index is 12.3. The topological polar surface area (TPSA) is 68.0 Å². The first-order valence-corrected chi connectivity index (χ1v) is 7.93. The number of carbonyl (C=O) groups is 1. The Bertz CT molecular complexity index is 595. The number of anilines is 1. The van der Waals surface area contributed by atoms with E-state index in [9.17, 15) is 4.79 Å². The third kappa shape index (κ3) is 3.89. The molecule has 0 radical (unpaired) electrons. The average Bonchev–Trinajstić information content (AvgIpc) is 2.95. The van der Waals surface area contributed by atoms with E-state index >= 15 is 0 Å². The van der Waals surface area contributed by atoms with Crippen LogP contribution in [0.5, 0.6) is 0 Å². The number of amides is 1. The number of hydrogen-bond acceptors (Lipinski definition) is 4. The summed E-state index contributed by atoms with van der Waals surface area (Å²) in [5.41, 5.74) is 8.12.